The van der Waals surface area contributed by atoms with E-state index in [4.69, 9.17) is 26.4 Å². The lowest BCUT2D eigenvalue weighted by molar-refractivity contribution is -0.121. The van der Waals surface area contributed by atoms with E-state index in [1.54, 1.807) is 20.3 Å². The van der Waals surface area contributed by atoms with E-state index in [9.17, 15) is 9.18 Å². The molecular formula is C20H24FN3O4S. The number of hydrogen-bond acceptors (Lipinski definition) is 5. The van der Waals surface area contributed by atoms with E-state index < -0.39 is 5.82 Å². The average Bonchev–Trinajstić information content (AvgIpc) is 2.72. The van der Waals surface area contributed by atoms with Crippen molar-refractivity contribution in [2.24, 2.45) is 0 Å². The minimum absolute atomic E-state index is 0.00215. The molecule has 2 rings (SSSR count). The second-order valence-electron chi connectivity index (χ2n) is 6.01. The summed E-state index contributed by atoms with van der Waals surface area (Å²) >= 11 is 5.14. The third-order valence-corrected chi connectivity index (χ3v) is 4.29. The monoisotopic (exact) mass is 421 g/mol. The van der Waals surface area contributed by atoms with Gasteiger partial charge < -0.3 is 19.5 Å². The highest BCUT2D eigenvalue weighted by molar-refractivity contribution is 7.80. The number of ether oxygens (including phenoxy) is 3. The molecule has 3 N–H and O–H groups in total. The molecule has 0 fully saturated rings. The highest BCUT2D eigenvalue weighted by atomic mass is 32.1. The summed E-state index contributed by atoms with van der Waals surface area (Å²) in [4.78, 5) is 12.0. The van der Waals surface area contributed by atoms with Crippen molar-refractivity contribution in [3.05, 3.63) is 53.3 Å². The molecule has 2 aromatic rings. The van der Waals surface area contributed by atoms with Gasteiger partial charge in [-0.2, -0.15) is 0 Å². The maximum absolute atomic E-state index is 13.7. The Morgan fingerprint density at radius 1 is 0.931 bits per heavy atom. The summed E-state index contributed by atoms with van der Waals surface area (Å²) in [6, 6.07) is 10.0. The van der Waals surface area contributed by atoms with Crippen LogP contribution in [-0.4, -0.2) is 38.9 Å². The minimum atomic E-state index is -0.516. The van der Waals surface area contributed by atoms with Crippen molar-refractivity contribution < 1.29 is 23.4 Å². The van der Waals surface area contributed by atoms with Crippen LogP contribution in [-0.2, 0) is 17.6 Å². The quantitative estimate of drug-likeness (QED) is 0.445. The zero-order valence-electron chi connectivity index (χ0n) is 16.5. The van der Waals surface area contributed by atoms with Crippen LogP contribution in [0.3, 0.4) is 0 Å². The summed E-state index contributed by atoms with van der Waals surface area (Å²) in [5, 5.41) is 3.28. The molecule has 1 amide bonds. The first-order valence-electron chi connectivity index (χ1n) is 8.82. The van der Waals surface area contributed by atoms with Crippen LogP contribution >= 0.6 is 12.2 Å². The van der Waals surface area contributed by atoms with Gasteiger partial charge in [-0.3, -0.25) is 15.6 Å². The fourth-order valence-corrected chi connectivity index (χ4v) is 2.73. The Balaban J connectivity index is 1.73. The standard InChI is InChI=1S/C20H24FN3O4S/c1-26-16-6-5-14(10-15(16)21)12-19(25)23-24-20(29)22-9-8-13-4-7-17(27-2)18(11-13)28-3/h4-7,10-11H,8-9,12H2,1-3H3,(H,23,25)(H2,22,24,29). The molecule has 0 aliphatic carbocycles. The molecule has 0 aliphatic rings. The number of halogens is 1. The van der Waals surface area contributed by atoms with Crippen LogP contribution in [0.1, 0.15) is 11.1 Å². The molecule has 0 bridgehead atoms. The van der Waals surface area contributed by atoms with E-state index in [1.165, 1.54) is 19.2 Å². The van der Waals surface area contributed by atoms with Crippen LogP contribution in [0.5, 0.6) is 17.2 Å². The van der Waals surface area contributed by atoms with Gasteiger partial charge >= 0.3 is 0 Å². The second-order valence-corrected chi connectivity index (χ2v) is 6.42. The van der Waals surface area contributed by atoms with E-state index in [1.807, 2.05) is 18.2 Å². The molecule has 0 unspecified atom stereocenters. The molecule has 0 spiro atoms. The van der Waals surface area contributed by atoms with E-state index in [2.05, 4.69) is 16.2 Å². The number of methoxy groups -OCH3 is 3. The molecule has 0 saturated carbocycles. The Bertz CT molecular complexity index is 864. The molecule has 2 aromatic carbocycles. The third-order valence-electron chi connectivity index (χ3n) is 4.04. The Labute approximate surface area is 174 Å². The fourth-order valence-electron chi connectivity index (χ4n) is 2.58. The Morgan fingerprint density at radius 3 is 2.24 bits per heavy atom. The molecule has 0 aliphatic heterocycles. The molecule has 9 heteroatoms. The molecule has 0 heterocycles. The molecule has 0 aromatic heterocycles. The molecule has 29 heavy (non-hydrogen) atoms. The zero-order chi connectivity index (χ0) is 21.2. The number of amides is 1. The van der Waals surface area contributed by atoms with Crippen LogP contribution in [0.15, 0.2) is 36.4 Å². The van der Waals surface area contributed by atoms with Crippen LogP contribution in [0.2, 0.25) is 0 Å². The van der Waals surface area contributed by atoms with Crippen molar-refractivity contribution in [1.82, 2.24) is 16.2 Å². The van der Waals surface area contributed by atoms with Gasteiger partial charge in [-0.05, 0) is 54.0 Å². The van der Waals surface area contributed by atoms with E-state index in [-0.39, 0.29) is 23.2 Å². The first-order chi connectivity index (χ1) is 14.0. The maximum atomic E-state index is 13.7. The molecule has 0 radical (unpaired) electrons. The van der Waals surface area contributed by atoms with Crippen molar-refractivity contribution in [1.29, 1.82) is 0 Å². The summed E-state index contributed by atoms with van der Waals surface area (Å²) in [5.41, 5.74) is 6.67. The number of rotatable bonds is 8. The summed E-state index contributed by atoms with van der Waals surface area (Å²) < 4.78 is 29.0. The highest BCUT2D eigenvalue weighted by Gasteiger charge is 2.08. The lowest BCUT2D eigenvalue weighted by Gasteiger charge is -2.13. The Kier molecular flexibility index (Phi) is 8.47. The van der Waals surface area contributed by atoms with E-state index >= 15 is 0 Å². The third kappa shape index (κ3) is 6.79. The maximum Gasteiger partial charge on any atom is 0.242 e. The predicted molar refractivity (Wildman–Crippen MR) is 112 cm³/mol. The fraction of sp³-hybridized carbons (Fsp3) is 0.300. The second kappa shape index (κ2) is 11.1. The summed E-state index contributed by atoms with van der Waals surface area (Å²) in [6.07, 6.45) is 0.698. The van der Waals surface area contributed by atoms with Gasteiger partial charge in [0.25, 0.3) is 0 Å². The number of carbonyl (C=O) groups is 1. The van der Waals surface area contributed by atoms with Crippen molar-refractivity contribution in [3.8, 4) is 17.2 Å². The number of nitrogens with one attached hydrogen (secondary N) is 3. The van der Waals surface area contributed by atoms with Gasteiger partial charge in [0.2, 0.25) is 5.91 Å². The average molecular weight is 421 g/mol. The minimum Gasteiger partial charge on any atom is -0.494 e. The van der Waals surface area contributed by atoms with Crippen LogP contribution in [0.25, 0.3) is 0 Å². The summed E-state index contributed by atoms with van der Waals surface area (Å²) in [6.45, 7) is 0.556. The van der Waals surface area contributed by atoms with Gasteiger partial charge in [0.05, 0.1) is 27.8 Å². The normalized spacial score (nSPS) is 10.1. The predicted octanol–water partition coefficient (Wildman–Crippen LogP) is 2.13. The van der Waals surface area contributed by atoms with Crippen LogP contribution in [0.4, 0.5) is 4.39 Å². The summed E-state index contributed by atoms with van der Waals surface area (Å²) in [5.74, 6) is 0.595. The van der Waals surface area contributed by atoms with E-state index in [0.717, 1.165) is 5.56 Å². The zero-order valence-corrected chi connectivity index (χ0v) is 17.3. The highest BCUT2D eigenvalue weighted by Crippen LogP contribution is 2.27. The smallest absolute Gasteiger partial charge is 0.242 e. The summed E-state index contributed by atoms with van der Waals surface area (Å²) in [7, 11) is 4.55. The largest absolute Gasteiger partial charge is 0.494 e. The van der Waals surface area contributed by atoms with Gasteiger partial charge in [-0.1, -0.05) is 12.1 Å². The number of hydrazine groups is 1. The lowest BCUT2D eigenvalue weighted by atomic mass is 10.1. The SMILES string of the molecule is COc1ccc(CC(=O)NNC(=S)NCCc2ccc(OC)c(OC)c2)cc1F. The van der Waals surface area contributed by atoms with Crippen LogP contribution in [0, 0.1) is 5.82 Å². The molecule has 0 atom stereocenters. The van der Waals surface area contributed by atoms with Crippen molar-refractivity contribution in [3.63, 3.8) is 0 Å². The number of benzene rings is 2. The lowest BCUT2D eigenvalue weighted by Crippen LogP contribution is -2.47. The number of hydrogen-bond donors (Lipinski definition) is 3. The Morgan fingerprint density at radius 2 is 1.59 bits per heavy atom. The number of thiocarbonyl (C=S) groups is 1. The Hall–Kier alpha value is -3.07. The first-order valence-corrected chi connectivity index (χ1v) is 9.23. The van der Waals surface area contributed by atoms with Gasteiger partial charge in [0.1, 0.15) is 0 Å². The molecule has 156 valence electrons. The molecular weight excluding hydrogens is 397 g/mol. The van der Waals surface area contributed by atoms with E-state index in [0.29, 0.717) is 30.0 Å². The van der Waals surface area contributed by atoms with Gasteiger partial charge in [-0.15, -0.1) is 0 Å². The van der Waals surface area contributed by atoms with Crippen LogP contribution < -0.4 is 30.4 Å². The van der Waals surface area contributed by atoms with Crippen molar-refractivity contribution in [2.45, 2.75) is 12.8 Å². The van der Waals surface area contributed by atoms with Gasteiger partial charge in [0, 0.05) is 6.54 Å². The van der Waals surface area contributed by atoms with Gasteiger partial charge in [-0.25, -0.2) is 4.39 Å². The van der Waals surface area contributed by atoms with Gasteiger partial charge in [0.15, 0.2) is 28.2 Å². The number of carbonyl (C=O) groups excluding carboxylic acids is 1. The van der Waals surface area contributed by atoms with Crippen molar-refractivity contribution in [2.75, 3.05) is 27.9 Å². The van der Waals surface area contributed by atoms with Crippen molar-refractivity contribution >= 4 is 23.2 Å². The molecule has 0 saturated heterocycles. The molecule has 7 nitrogen and oxygen atoms in total. The topological polar surface area (TPSA) is 80.9 Å². The first kappa shape index (κ1) is 22.2.